The molecule has 0 aromatic carbocycles. The van der Waals surface area contributed by atoms with Crippen molar-refractivity contribution in [3.63, 3.8) is 0 Å². The number of ether oxygens (including phenoxy) is 4. The van der Waals surface area contributed by atoms with Gasteiger partial charge in [0.15, 0.2) is 12.2 Å². The highest BCUT2D eigenvalue weighted by Crippen LogP contribution is 2.45. The van der Waals surface area contributed by atoms with E-state index in [9.17, 15) is 43.2 Å². The normalized spacial score (nSPS) is 14.4. The summed E-state index contributed by atoms with van der Waals surface area (Å²) in [6.07, 6.45) is 51.4. The molecule has 0 aromatic rings. The van der Waals surface area contributed by atoms with E-state index in [1.54, 1.807) is 0 Å². The lowest BCUT2D eigenvalue weighted by Gasteiger charge is -2.21. The lowest BCUT2D eigenvalue weighted by atomic mass is 10.00. The van der Waals surface area contributed by atoms with E-state index in [1.165, 1.54) is 186 Å². The third kappa shape index (κ3) is 67.3. The summed E-state index contributed by atoms with van der Waals surface area (Å²) >= 11 is 0. The highest BCUT2D eigenvalue weighted by atomic mass is 31.2. The summed E-state index contributed by atoms with van der Waals surface area (Å²) in [7, 11) is -9.91. The van der Waals surface area contributed by atoms with Crippen LogP contribution in [-0.4, -0.2) is 96.7 Å². The minimum atomic E-state index is -4.96. The lowest BCUT2D eigenvalue weighted by Crippen LogP contribution is -2.30. The first-order chi connectivity index (χ1) is 45.3. The predicted molar refractivity (Wildman–Crippen MR) is 381 cm³/mol. The zero-order valence-corrected chi connectivity index (χ0v) is 63.2. The van der Waals surface area contributed by atoms with Crippen LogP contribution in [0.3, 0.4) is 0 Å². The SMILES string of the molecule is CCCCCCCCCCCCCCCC(=O)OC[C@H](COP(=O)(O)OC[C@@H](O)COP(=O)(O)OC[C@@H](COC(=O)CCCCCCCCC(C)CC)OC(=O)CCCCCCCCCCCC(C)C)OC(=O)CCCCCCCCCCCCCCCCCCC(C)C. The summed E-state index contributed by atoms with van der Waals surface area (Å²) in [5.41, 5.74) is 0. The molecule has 0 spiro atoms. The maximum Gasteiger partial charge on any atom is 0.472 e. The second-order valence-electron chi connectivity index (χ2n) is 28.2. The number of carbonyl (C=O) groups is 4. The monoisotopic (exact) mass is 1380 g/mol. The molecule has 19 heteroatoms. The Morgan fingerprint density at radius 2 is 0.543 bits per heavy atom. The Morgan fingerprint density at radius 3 is 0.809 bits per heavy atom. The van der Waals surface area contributed by atoms with Crippen LogP contribution < -0.4 is 0 Å². The Morgan fingerprint density at radius 1 is 0.309 bits per heavy atom. The molecule has 0 heterocycles. The number of unbranched alkanes of at least 4 members (excludes halogenated alkanes) is 40. The van der Waals surface area contributed by atoms with Crippen molar-refractivity contribution in [2.75, 3.05) is 39.6 Å². The second-order valence-corrected chi connectivity index (χ2v) is 31.1. The quantitative estimate of drug-likeness (QED) is 0.0222. The topological polar surface area (TPSA) is 237 Å². The van der Waals surface area contributed by atoms with Crippen LogP contribution in [0.2, 0.25) is 0 Å². The van der Waals surface area contributed by atoms with E-state index in [0.29, 0.717) is 25.7 Å². The van der Waals surface area contributed by atoms with Gasteiger partial charge in [-0.1, -0.05) is 331 Å². The average molecular weight is 1380 g/mol. The van der Waals surface area contributed by atoms with E-state index in [1.807, 2.05) is 0 Å². The first kappa shape index (κ1) is 92.1. The molecule has 0 aliphatic carbocycles. The van der Waals surface area contributed by atoms with Gasteiger partial charge in [-0.05, 0) is 43.4 Å². The Kier molecular flexibility index (Phi) is 64.3. The Bertz CT molecular complexity index is 1840. The third-order valence-electron chi connectivity index (χ3n) is 17.7. The molecule has 0 aromatic heterocycles. The zero-order chi connectivity index (χ0) is 69.4. The van der Waals surface area contributed by atoms with Crippen LogP contribution in [0.5, 0.6) is 0 Å². The summed E-state index contributed by atoms with van der Waals surface area (Å²) < 4.78 is 68.5. The van der Waals surface area contributed by atoms with Crippen molar-refractivity contribution < 1.29 is 80.2 Å². The Balaban J connectivity index is 5.23. The zero-order valence-electron chi connectivity index (χ0n) is 61.4. The molecular formula is C75H146O17P2. The maximum absolute atomic E-state index is 13.1. The summed E-state index contributed by atoms with van der Waals surface area (Å²) in [5, 5.41) is 10.6. The van der Waals surface area contributed by atoms with Gasteiger partial charge in [0.2, 0.25) is 0 Å². The fourth-order valence-electron chi connectivity index (χ4n) is 11.4. The van der Waals surface area contributed by atoms with Crippen LogP contribution in [0.1, 0.15) is 382 Å². The van der Waals surface area contributed by atoms with Gasteiger partial charge in [-0.15, -0.1) is 0 Å². The molecule has 17 nitrogen and oxygen atoms in total. The van der Waals surface area contributed by atoms with Crippen molar-refractivity contribution in [2.24, 2.45) is 17.8 Å². The van der Waals surface area contributed by atoms with Gasteiger partial charge in [-0.3, -0.25) is 37.3 Å². The minimum Gasteiger partial charge on any atom is -0.462 e. The minimum absolute atomic E-state index is 0.104. The molecule has 0 rings (SSSR count). The van der Waals surface area contributed by atoms with Gasteiger partial charge >= 0.3 is 39.5 Å². The molecular weight excluding hydrogens is 1230 g/mol. The van der Waals surface area contributed by atoms with Crippen molar-refractivity contribution in [1.29, 1.82) is 0 Å². The smallest absolute Gasteiger partial charge is 0.462 e. The van der Waals surface area contributed by atoms with Gasteiger partial charge < -0.3 is 33.8 Å². The molecule has 0 saturated heterocycles. The van der Waals surface area contributed by atoms with Gasteiger partial charge in [0.1, 0.15) is 19.3 Å². The van der Waals surface area contributed by atoms with Crippen LogP contribution in [0.15, 0.2) is 0 Å². The lowest BCUT2D eigenvalue weighted by molar-refractivity contribution is -0.161. The summed E-state index contributed by atoms with van der Waals surface area (Å²) in [5.74, 6) is 0.156. The standard InChI is InChI=1S/C75H146O17P2/c1-8-10-11-12-13-14-15-20-24-29-34-42-49-56-72(77)85-62-70(91-74(79)58-51-44-35-30-25-22-19-17-16-18-21-23-27-32-39-46-53-66(3)4)64-89-93(81,82)87-60-69(76)61-88-94(83,84)90-65-71(63-86-73(78)57-50-43-38-37-41-48-55-68(7)9-2)92-75(80)59-52-45-36-31-26-28-33-40-47-54-67(5)6/h66-71,76H,8-65H2,1-7H3,(H,81,82)(H,83,84)/t68?,69-,70-,71-/m1/s1. The molecule has 0 aliphatic rings. The molecule has 0 saturated carbocycles. The number of phosphoric ester groups is 2. The van der Waals surface area contributed by atoms with E-state index in [2.05, 4.69) is 48.5 Å². The van der Waals surface area contributed by atoms with Crippen LogP contribution in [0, 0.1) is 17.8 Å². The molecule has 0 aliphatic heterocycles. The third-order valence-corrected chi connectivity index (χ3v) is 19.6. The number of hydrogen-bond acceptors (Lipinski definition) is 15. The molecule has 0 bridgehead atoms. The maximum atomic E-state index is 13.1. The first-order valence-electron chi connectivity index (χ1n) is 38.9. The summed E-state index contributed by atoms with van der Waals surface area (Å²) in [4.78, 5) is 72.7. The number of rotatable bonds is 73. The van der Waals surface area contributed by atoms with E-state index < -0.39 is 97.5 Å². The van der Waals surface area contributed by atoms with Gasteiger partial charge in [0.05, 0.1) is 26.4 Å². The van der Waals surface area contributed by atoms with Gasteiger partial charge in [0, 0.05) is 25.7 Å². The van der Waals surface area contributed by atoms with Crippen molar-refractivity contribution in [2.45, 2.75) is 401 Å². The Hall–Kier alpha value is -1.94. The van der Waals surface area contributed by atoms with Gasteiger partial charge in [0.25, 0.3) is 0 Å². The molecule has 6 atom stereocenters. The van der Waals surface area contributed by atoms with Crippen LogP contribution >= 0.6 is 15.6 Å². The fraction of sp³-hybridized carbons (Fsp3) is 0.947. The van der Waals surface area contributed by atoms with E-state index in [-0.39, 0.29) is 25.7 Å². The number of hydrogen-bond donors (Lipinski definition) is 3. The van der Waals surface area contributed by atoms with Crippen molar-refractivity contribution in [1.82, 2.24) is 0 Å². The summed E-state index contributed by atoms with van der Waals surface area (Å²) in [6, 6.07) is 0. The molecule has 558 valence electrons. The highest BCUT2D eigenvalue weighted by molar-refractivity contribution is 7.47. The number of phosphoric acid groups is 2. The van der Waals surface area contributed by atoms with Crippen molar-refractivity contribution >= 4 is 39.5 Å². The number of carbonyl (C=O) groups excluding carboxylic acids is 4. The van der Waals surface area contributed by atoms with Crippen molar-refractivity contribution in [3.05, 3.63) is 0 Å². The largest absolute Gasteiger partial charge is 0.472 e. The number of esters is 4. The van der Waals surface area contributed by atoms with Crippen LogP contribution in [0.25, 0.3) is 0 Å². The fourth-order valence-corrected chi connectivity index (χ4v) is 13.0. The molecule has 3 unspecified atom stereocenters. The second kappa shape index (κ2) is 65.7. The van der Waals surface area contributed by atoms with Gasteiger partial charge in [-0.2, -0.15) is 0 Å². The van der Waals surface area contributed by atoms with Crippen molar-refractivity contribution in [3.8, 4) is 0 Å². The number of aliphatic hydroxyl groups excluding tert-OH is 1. The molecule has 0 amide bonds. The van der Waals surface area contributed by atoms with Crippen LogP contribution in [0.4, 0.5) is 0 Å². The average Bonchev–Trinajstić information content (AvgIpc) is 1.30. The molecule has 94 heavy (non-hydrogen) atoms. The van der Waals surface area contributed by atoms with Gasteiger partial charge in [-0.25, -0.2) is 9.13 Å². The highest BCUT2D eigenvalue weighted by Gasteiger charge is 2.30. The van der Waals surface area contributed by atoms with E-state index in [4.69, 9.17) is 37.0 Å². The Labute approximate surface area is 575 Å². The van der Waals surface area contributed by atoms with E-state index >= 15 is 0 Å². The number of aliphatic hydroxyl groups is 1. The summed E-state index contributed by atoms with van der Waals surface area (Å²) in [6.45, 7) is 11.9. The molecule has 0 fully saturated rings. The van der Waals surface area contributed by atoms with E-state index in [0.717, 1.165) is 114 Å². The first-order valence-corrected chi connectivity index (χ1v) is 41.9. The predicted octanol–water partition coefficient (Wildman–Crippen LogP) is 21.8. The van der Waals surface area contributed by atoms with Crippen LogP contribution in [-0.2, 0) is 65.4 Å². The molecule has 0 radical (unpaired) electrons. The molecule has 3 N–H and O–H groups in total.